The van der Waals surface area contributed by atoms with Crippen LogP contribution < -0.4 is 4.90 Å². The summed E-state index contributed by atoms with van der Waals surface area (Å²) in [6, 6.07) is 10.5. The highest BCUT2D eigenvalue weighted by Crippen LogP contribution is 2.45. The van der Waals surface area contributed by atoms with Gasteiger partial charge in [-0.1, -0.05) is 6.07 Å². The monoisotopic (exact) mass is 608 g/mol. The average Bonchev–Trinajstić information content (AvgIpc) is 3.70. The number of nitriles is 1. The minimum Gasteiger partial charge on any atom is -0.381 e. The number of likely N-dealkylation sites (tertiary alicyclic amines) is 1. The second kappa shape index (κ2) is 11.1. The van der Waals surface area contributed by atoms with E-state index in [1.807, 2.05) is 0 Å². The number of ether oxygens (including phenoxy) is 1. The molecule has 1 spiro atoms. The predicted octanol–water partition coefficient (Wildman–Crippen LogP) is 6.46. The van der Waals surface area contributed by atoms with E-state index >= 15 is 0 Å². The molecule has 226 valence electrons. The maximum atomic E-state index is 13.0. The predicted molar refractivity (Wildman–Crippen MR) is 161 cm³/mol. The van der Waals surface area contributed by atoms with Gasteiger partial charge in [-0.3, -0.25) is 4.90 Å². The topological polar surface area (TPSA) is 70.2 Å². The van der Waals surface area contributed by atoms with Crippen molar-refractivity contribution in [2.75, 3.05) is 44.3 Å². The zero-order chi connectivity index (χ0) is 29.8. The highest BCUT2D eigenvalue weighted by molar-refractivity contribution is 7.18. The molecule has 43 heavy (non-hydrogen) atoms. The second-order valence-electron chi connectivity index (χ2n) is 12.6. The normalized spacial score (nSPS) is 20.7. The Morgan fingerprint density at radius 3 is 2.67 bits per heavy atom. The van der Waals surface area contributed by atoms with Crippen LogP contribution in [-0.4, -0.2) is 65.0 Å². The molecule has 11 heteroatoms. The summed E-state index contributed by atoms with van der Waals surface area (Å²) in [6.45, 7) is 9.33. The van der Waals surface area contributed by atoms with Crippen LogP contribution in [-0.2, 0) is 24.2 Å². The molecule has 4 aromatic rings. The minimum absolute atomic E-state index is 0.223. The van der Waals surface area contributed by atoms with Gasteiger partial charge in [0.05, 0.1) is 11.8 Å². The van der Waals surface area contributed by atoms with E-state index in [1.54, 1.807) is 6.07 Å². The summed E-state index contributed by atoms with van der Waals surface area (Å²) in [5.74, 6) is 1.33. The van der Waals surface area contributed by atoms with E-state index in [9.17, 15) is 18.4 Å². The average molecular weight is 609 g/mol. The van der Waals surface area contributed by atoms with Crippen molar-refractivity contribution in [2.45, 2.75) is 58.3 Å². The number of anilines is 1. The van der Waals surface area contributed by atoms with E-state index in [0.29, 0.717) is 10.7 Å². The summed E-state index contributed by atoms with van der Waals surface area (Å²) in [5, 5.41) is 11.7. The number of aromatic nitrogens is 3. The molecule has 0 amide bonds. The van der Waals surface area contributed by atoms with Crippen molar-refractivity contribution < 1.29 is 17.9 Å². The third-order valence-corrected chi connectivity index (χ3v) is 10.8. The van der Waals surface area contributed by atoms with Crippen molar-refractivity contribution in [3.05, 3.63) is 52.3 Å². The van der Waals surface area contributed by atoms with Crippen LogP contribution in [0.25, 0.3) is 21.1 Å². The second-order valence-corrected chi connectivity index (χ2v) is 13.8. The highest BCUT2D eigenvalue weighted by atomic mass is 32.1. The molecule has 0 radical (unpaired) electrons. The standard InChI is InChI=1S/C32H35F3N6OS/c1-21-23(2-3-28-26(21)12-24(15-36)41(28)8-4-22-5-11-42-17-22)16-39-9-6-31(7-10-39)18-40(19-31)29-27-13-25(14-32(33,34)35)43-30(27)38-20-37-29/h2-3,12-13,20,22H,4-11,14,16-19H2,1H3. The lowest BCUT2D eigenvalue weighted by Crippen LogP contribution is -2.60. The summed E-state index contributed by atoms with van der Waals surface area (Å²) < 4.78 is 46.6. The zero-order valence-electron chi connectivity index (χ0n) is 24.3. The number of hydrogen-bond donors (Lipinski definition) is 0. The maximum absolute atomic E-state index is 13.0. The molecule has 1 aromatic carbocycles. The Hall–Kier alpha value is -3.20. The minimum atomic E-state index is -4.23. The maximum Gasteiger partial charge on any atom is 0.393 e. The van der Waals surface area contributed by atoms with E-state index in [0.717, 1.165) is 112 Å². The number of rotatable bonds is 7. The molecule has 6 heterocycles. The molecule has 3 saturated heterocycles. The quantitative estimate of drug-likeness (QED) is 0.240. The first-order valence-corrected chi connectivity index (χ1v) is 15.9. The highest BCUT2D eigenvalue weighted by Gasteiger charge is 2.46. The number of piperidine rings is 1. The first-order chi connectivity index (χ1) is 20.7. The van der Waals surface area contributed by atoms with Gasteiger partial charge in [0.2, 0.25) is 0 Å². The third kappa shape index (κ3) is 5.61. The molecule has 3 aliphatic heterocycles. The van der Waals surface area contributed by atoms with Gasteiger partial charge in [-0.25, -0.2) is 9.97 Å². The summed E-state index contributed by atoms with van der Waals surface area (Å²) in [4.78, 5) is 14.3. The Morgan fingerprint density at radius 2 is 1.95 bits per heavy atom. The number of hydrogen-bond acceptors (Lipinski definition) is 7. The van der Waals surface area contributed by atoms with Crippen molar-refractivity contribution in [2.24, 2.45) is 11.3 Å². The molecule has 0 bridgehead atoms. The van der Waals surface area contributed by atoms with Crippen LogP contribution in [0.1, 0.15) is 47.4 Å². The number of fused-ring (bicyclic) bond motifs is 2. The van der Waals surface area contributed by atoms with Crippen LogP contribution >= 0.6 is 11.3 Å². The number of aryl methyl sites for hydroxylation is 2. The largest absolute Gasteiger partial charge is 0.393 e. The molecule has 7 rings (SSSR count). The first-order valence-electron chi connectivity index (χ1n) is 15.1. The van der Waals surface area contributed by atoms with Crippen molar-refractivity contribution in [3.8, 4) is 6.07 Å². The molecular weight excluding hydrogens is 573 g/mol. The van der Waals surface area contributed by atoms with Crippen LogP contribution in [0, 0.1) is 29.6 Å². The molecule has 3 fully saturated rings. The van der Waals surface area contributed by atoms with Gasteiger partial charge in [0.1, 0.15) is 28.7 Å². The van der Waals surface area contributed by atoms with E-state index < -0.39 is 12.6 Å². The molecule has 3 aliphatic rings. The molecule has 0 aliphatic carbocycles. The van der Waals surface area contributed by atoms with Crippen molar-refractivity contribution in [3.63, 3.8) is 0 Å². The van der Waals surface area contributed by atoms with E-state index in [4.69, 9.17) is 4.74 Å². The summed E-state index contributed by atoms with van der Waals surface area (Å²) in [6.07, 6.45) is 0.607. The van der Waals surface area contributed by atoms with Crippen LogP contribution in [0.2, 0.25) is 0 Å². The van der Waals surface area contributed by atoms with Crippen LogP contribution in [0.5, 0.6) is 0 Å². The van der Waals surface area contributed by atoms with Crippen LogP contribution in [0.3, 0.4) is 0 Å². The van der Waals surface area contributed by atoms with Gasteiger partial charge in [0.25, 0.3) is 0 Å². The fourth-order valence-corrected chi connectivity index (χ4v) is 8.26. The van der Waals surface area contributed by atoms with E-state index in [-0.39, 0.29) is 10.3 Å². The summed E-state index contributed by atoms with van der Waals surface area (Å²) in [5.41, 5.74) is 4.64. The molecule has 0 N–H and O–H groups in total. The number of halogens is 3. The van der Waals surface area contributed by atoms with Gasteiger partial charge < -0.3 is 14.2 Å². The number of benzene rings is 1. The number of nitrogens with zero attached hydrogens (tertiary/aromatic N) is 6. The Labute approximate surface area is 252 Å². The van der Waals surface area contributed by atoms with Gasteiger partial charge in [-0.15, -0.1) is 11.3 Å². The molecule has 7 nitrogen and oxygen atoms in total. The van der Waals surface area contributed by atoms with Gasteiger partial charge in [0.15, 0.2) is 0 Å². The van der Waals surface area contributed by atoms with Crippen LogP contribution in [0.15, 0.2) is 30.6 Å². The van der Waals surface area contributed by atoms with Crippen molar-refractivity contribution >= 4 is 38.3 Å². The van der Waals surface area contributed by atoms with Gasteiger partial charge in [0, 0.05) is 60.6 Å². The number of alkyl halides is 3. The molecule has 1 atom stereocenters. The smallest absolute Gasteiger partial charge is 0.381 e. The van der Waals surface area contributed by atoms with Crippen molar-refractivity contribution in [1.29, 1.82) is 5.26 Å². The van der Waals surface area contributed by atoms with Gasteiger partial charge >= 0.3 is 6.18 Å². The SMILES string of the molecule is Cc1c(CN2CCC3(CC2)CN(c2ncnc4sc(CC(F)(F)F)cc24)C3)ccc2c1cc(C#N)n2CCC1CCOC1. The fraction of sp³-hybridized carbons (Fsp3) is 0.531. The molecule has 1 unspecified atom stereocenters. The molecule has 0 saturated carbocycles. The Balaban J connectivity index is 0.987. The number of thiophene rings is 1. The summed E-state index contributed by atoms with van der Waals surface area (Å²) >= 11 is 1.10. The summed E-state index contributed by atoms with van der Waals surface area (Å²) in [7, 11) is 0. The fourth-order valence-electron chi connectivity index (χ4n) is 7.23. The Bertz CT molecular complexity index is 1680. The lowest BCUT2D eigenvalue weighted by molar-refractivity contribution is -0.126. The van der Waals surface area contributed by atoms with Gasteiger partial charge in [-0.2, -0.15) is 18.4 Å². The van der Waals surface area contributed by atoms with E-state index in [2.05, 4.69) is 55.5 Å². The van der Waals surface area contributed by atoms with Crippen LogP contribution in [0.4, 0.5) is 19.0 Å². The lowest BCUT2D eigenvalue weighted by Gasteiger charge is -2.54. The van der Waals surface area contributed by atoms with E-state index in [1.165, 1.54) is 22.8 Å². The Morgan fingerprint density at radius 1 is 1.14 bits per heavy atom. The van der Waals surface area contributed by atoms with Crippen molar-refractivity contribution in [1.82, 2.24) is 19.4 Å². The third-order valence-electron chi connectivity index (χ3n) is 9.76. The lowest BCUT2D eigenvalue weighted by atomic mass is 9.72. The van der Waals surface area contributed by atoms with Gasteiger partial charge in [-0.05, 0) is 80.9 Å². The Kier molecular flexibility index (Phi) is 7.35. The molecule has 3 aromatic heterocycles. The molecular formula is C32H35F3N6OS. The zero-order valence-corrected chi connectivity index (χ0v) is 25.1. The first kappa shape index (κ1) is 28.6.